The summed E-state index contributed by atoms with van der Waals surface area (Å²) in [4.78, 5) is 37.1. The van der Waals surface area contributed by atoms with Gasteiger partial charge in [-0.2, -0.15) is 9.41 Å². The lowest BCUT2D eigenvalue weighted by Gasteiger charge is -2.21. The van der Waals surface area contributed by atoms with Gasteiger partial charge in [-0.3, -0.25) is 14.4 Å². The Hall–Kier alpha value is -4.49. The van der Waals surface area contributed by atoms with E-state index in [0.29, 0.717) is 21.4 Å². The van der Waals surface area contributed by atoms with Gasteiger partial charge in [0.15, 0.2) is 0 Å². The molecule has 0 aliphatic heterocycles. The van der Waals surface area contributed by atoms with Gasteiger partial charge in [-0.05, 0) is 55.0 Å². The molecule has 3 amide bonds. The molecule has 0 bridgehead atoms. The average Bonchev–Trinajstić information content (AvgIpc) is 3.43. The highest BCUT2D eigenvalue weighted by molar-refractivity contribution is 7.89. The summed E-state index contributed by atoms with van der Waals surface area (Å²) >= 11 is 11.8. The standard InChI is InChI=1S/C30H27Cl2N5O6S/c1-20-7-11-27(12-8-20)44(41,42)37(18-21-5-3-2-4-6-21)19-28(38)36-34-17-26-10-9-25(43-26)16-33-29(39)30(40)35-24-14-22(31)13-23(32)15-24/h2-15,17H,16,18-19H2,1H3,(H,33,39)(H,35,40)(H,36,38)/b34-17-. The van der Waals surface area contributed by atoms with Crippen LogP contribution in [0.5, 0.6) is 0 Å². The molecular weight excluding hydrogens is 629 g/mol. The van der Waals surface area contributed by atoms with Crippen LogP contribution in [0.2, 0.25) is 10.0 Å². The smallest absolute Gasteiger partial charge is 0.313 e. The first-order chi connectivity index (χ1) is 21.0. The molecule has 0 atom stereocenters. The van der Waals surface area contributed by atoms with Crippen LogP contribution in [0.3, 0.4) is 0 Å². The van der Waals surface area contributed by atoms with Gasteiger partial charge in [0.2, 0.25) is 10.0 Å². The first-order valence-electron chi connectivity index (χ1n) is 13.1. The summed E-state index contributed by atoms with van der Waals surface area (Å²) in [6.07, 6.45) is 1.22. The summed E-state index contributed by atoms with van der Waals surface area (Å²) in [5, 5.41) is 9.27. The van der Waals surface area contributed by atoms with Crippen molar-refractivity contribution in [3.63, 3.8) is 0 Å². The minimum atomic E-state index is -4.00. The molecule has 0 aliphatic carbocycles. The van der Waals surface area contributed by atoms with Gasteiger partial charge in [-0.1, -0.05) is 71.2 Å². The van der Waals surface area contributed by atoms with Gasteiger partial charge in [0.05, 0.1) is 24.2 Å². The summed E-state index contributed by atoms with van der Waals surface area (Å²) in [7, 11) is -4.00. The molecule has 0 saturated carbocycles. The summed E-state index contributed by atoms with van der Waals surface area (Å²) in [6.45, 7) is 1.24. The van der Waals surface area contributed by atoms with Gasteiger partial charge >= 0.3 is 11.8 Å². The zero-order valence-corrected chi connectivity index (χ0v) is 25.6. The molecule has 0 aliphatic rings. The van der Waals surface area contributed by atoms with Crippen molar-refractivity contribution < 1.29 is 27.2 Å². The van der Waals surface area contributed by atoms with E-state index in [0.717, 1.165) is 9.87 Å². The Morgan fingerprint density at radius 1 is 0.909 bits per heavy atom. The van der Waals surface area contributed by atoms with Crippen molar-refractivity contribution in [3.8, 4) is 0 Å². The zero-order valence-electron chi connectivity index (χ0n) is 23.3. The number of rotatable bonds is 11. The summed E-state index contributed by atoms with van der Waals surface area (Å²) in [5.41, 5.74) is 4.18. The highest BCUT2D eigenvalue weighted by atomic mass is 35.5. The van der Waals surface area contributed by atoms with Crippen LogP contribution >= 0.6 is 23.2 Å². The minimum Gasteiger partial charge on any atom is -0.458 e. The second kappa shape index (κ2) is 14.8. The lowest BCUT2D eigenvalue weighted by molar-refractivity contribution is -0.136. The number of benzene rings is 3. The van der Waals surface area contributed by atoms with E-state index in [1.807, 2.05) is 13.0 Å². The predicted molar refractivity (Wildman–Crippen MR) is 167 cm³/mol. The number of nitrogens with zero attached hydrogens (tertiary/aromatic N) is 2. The van der Waals surface area contributed by atoms with Crippen LogP contribution in [0.4, 0.5) is 5.69 Å². The van der Waals surface area contributed by atoms with E-state index in [9.17, 15) is 22.8 Å². The number of hydrazone groups is 1. The molecule has 0 spiro atoms. The number of aryl methyl sites for hydroxylation is 1. The second-order valence-electron chi connectivity index (χ2n) is 9.46. The third-order valence-corrected chi connectivity index (χ3v) is 8.24. The highest BCUT2D eigenvalue weighted by Gasteiger charge is 2.27. The fraction of sp³-hybridized carbons (Fsp3) is 0.133. The van der Waals surface area contributed by atoms with Crippen LogP contribution in [0.15, 0.2) is 99.3 Å². The molecule has 0 saturated heterocycles. The molecule has 0 unspecified atom stereocenters. The summed E-state index contributed by atoms with van der Waals surface area (Å²) in [5.74, 6) is -1.96. The number of carbonyl (C=O) groups is 3. The number of amides is 3. The molecule has 1 heterocycles. The molecule has 0 radical (unpaired) electrons. The van der Waals surface area contributed by atoms with Gasteiger partial charge in [-0.15, -0.1) is 0 Å². The predicted octanol–water partition coefficient (Wildman–Crippen LogP) is 4.49. The molecule has 0 fully saturated rings. The molecule has 4 aromatic rings. The van der Waals surface area contributed by atoms with Crippen LogP contribution in [0.1, 0.15) is 22.6 Å². The van der Waals surface area contributed by atoms with Crippen molar-refractivity contribution >= 4 is 62.8 Å². The topological polar surface area (TPSA) is 150 Å². The third-order valence-electron chi connectivity index (χ3n) is 5.99. The molecular formula is C30H27Cl2N5O6S. The molecule has 3 N–H and O–H groups in total. The number of sulfonamides is 1. The molecule has 14 heteroatoms. The van der Waals surface area contributed by atoms with Gasteiger partial charge in [0.25, 0.3) is 5.91 Å². The normalized spacial score (nSPS) is 11.5. The highest BCUT2D eigenvalue weighted by Crippen LogP contribution is 2.22. The van der Waals surface area contributed by atoms with Crippen molar-refractivity contribution in [3.05, 3.63) is 118 Å². The number of furan rings is 1. The molecule has 4 rings (SSSR count). The van der Waals surface area contributed by atoms with Crippen molar-refractivity contribution in [2.45, 2.75) is 24.9 Å². The van der Waals surface area contributed by atoms with Crippen LogP contribution in [0, 0.1) is 6.92 Å². The SMILES string of the molecule is Cc1ccc(S(=O)(=O)N(CC(=O)N/N=C\c2ccc(CNC(=O)C(=O)Nc3cc(Cl)cc(Cl)c3)o2)Cc2ccccc2)cc1. The van der Waals surface area contributed by atoms with E-state index in [-0.39, 0.29) is 29.4 Å². The number of nitrogens with one attached hydrogen (secondary N) is 3. The molecule has 11 nitrogen and oxygen atoms in total. The van der Waals surface area contributed by atoms with Crippen LogP contribution in [0.25, 0.3) is 0 Å². The number of hydrogen-bond acceptors (Lipinski definition) is 7. The van der Waals surface area contributed by atoms with E-state index in [1.54, 1.807) is 42.5 Å². The van der Waals surface area contributed by atoms with Crippen LogP contribution in [-0.2, 0) is 37.5 Å². The van der Waals surface area contributed by atoms with E-state index in [4.69, 9.17) is 27.6 Å². The van der Waals surface area contributed by atoms with E-state index >= 15 is 0 Å². The largest absolute Gasteiger partial charge is 0.458 e. The maximum absolute atomic E-state index is 13.4. The first kappa shape index (κ1) is 32.4. The Bertz CT molecular complexity index is 1760. The van der Waals surface area contributed by atoms with Crippen molar-refractivity contribution in [2.24, 2.45) is 5.10 Å². The van der Waals surface area contributed by atoms with E-state index < -0.39 is 34.3 Å². The van der Waals surface area contributed by atoms with Crippen LogP contribution < -0.4 is 16.1 Å². The Morgan fingerprint density at radius 3 is 2.27 bits per heavy atom. The minimum absolute atomic E-state index is 0.0215. The maximum Gasteiger partial charge on any atom is 0.313 e. The Labute approximate surface area is 263 Å². The van der Waals surface area contributed by atoms with Gasteiger partial charge in [0, 0.05) is 22.3 Å². The molecule has 44 heavy (non-hydrogen) atoms. The second-order valence-corrected chi connectivity index (χ2v) is 12.3. The summed E-state index contributed by atoms with van der Waals surface area (Å²) in [6, 6.07) is 22.8. The van der Waals surface area contributed by atoms with Crippen molar-refractivity contribution in [1.82, 2.24) is 15.0 Å². The number of carbonyl (C=O) groups excluding carboxylic acids is 3. The quantitative estimate of drug-likeness (QED) is 0.123. The summed E-state index contributed by atoms with van der Waals surface area (Å²) < 4.78 is 33.4. The third kappa shape index (κ3) is 9.25. The van der Waals surface area contributed by atoms with Gasteiger partial charge in [-0.25, -0.2) is 13.8 Å². The molecule has 3 aromatic carbocycles. The Kier molecular flexibility index (Phi) is 10.9. The van der Waals surface area contributed by atoms with E-state index in [1.165, 1.54) is 42.6 Å². The Morgan fingerprint density at radius 2 is 1.59 bits per heavy atom. The lowest BCUT2D eigenvalue weighted by atomic mass is 10.2. The van der Waals surface area contributed by atoms with E-state index in [2.05, 4.69) is 21.2 Å². The van der Waals surface area contributed by atoms with Crippen LogP contribution in [-0.4, -0.2) is 43.2 Å². The van der Waals surface area contributed by atoms with Crippen molar-refractivity contribution in [1.29, 1.82) is 0 Å². The molecule has 1 aromatic heterocycles. The average molecular weight is 657 g/mol. The Balaban J connectivity index is 1.32. The maximum atomic E-state index is 13.4. The van der Waals surface area contributed by atoms with Gasteiger partial charge in [0.1, 0.15) is 11.5 Å². The monoisotopic (exact) mass is 655 g/mol. The fourth-order valence-corrected chi connectivity index (χ4v) is 5.77. The van der Waals surface area contributed by atoms with Crippen molar-refractivity contribution in [2.75, 3.05) is 11.9 Å². The lowest BCUT2D eigenvalue weighted by Crippen LogP contribution is -2.39. The fourth-order valence-electron chi connectivity index (χ4n) is 3.86. The zero-order chi connectivity index (χ0) is 31.7. The molecule has 228 valence electrons. The van der Waals surface area contributed by atoms with Gasteiger partial charge < -0.3 is 15.1 Å². The number of hydrogen-bond donors (Lipinski definition) is 3. The number of anilines is 1. The number of halogens is 2. The first-order valence-corrected chi connectivity index (χ1v) is 15.3.